The normalized spacial score (nSPS) is 18.6. The summed E-state index contributed by atoms with van der Waals surface area (Å²) in [6, 6.07) is 0.0930. The highest BCUT2D eigenvalue weighted by Gasteiger charge is 2.35. The van der Waals surface area contributed by atoms with Crippen LogP contribution in [0.1, 0.15) is 39.4 Å². The van der Waals surface area contributed by atoms with Gasteiger partial charge < -0.3 is 10.2 Å². The van der Waals surface area contributed by atoms with Gasteiger partial charge in [0, 0.05) is 31.2 Å². The molecule has 0 saturated carbocycles. The molecule has 20 heavy (non-hydrogen) atoms. The molecule has 1 aromatic rings. The molecule has 0 spiro atoms. The molecule has 1 aliphatic heterocycles. The minimum atomic E-state index is -0.314. The van der Waals surface area contributed by atoms with Crippen molar-refractivity contribution in [3.05, 3.63) is 15.8 Å². The second-order valence-corrected chi connectivity index (χ2v) is 6.29. The lowest BCUT2D eigenvalue weighted by atomic mass is 10.0. The summed E-state index contributed by atoms with van der Waals surface area (Å²) in [6.07, 6.45) is 0. The Labute approximate surface area is 119 Å². The van der Waals surface area contributed by atoms with Crippen LogP contribution in [0.2, 0.25) is 0 Å². The smallest absolute Gasteiger partial charge is 0.333 e. The lowest BCUT2D eigenvalue weighted by Crippen LogP contribution is -2.57. The zero-order valence-corrected chi connectivity index (χ0v) is 12.8. The van der Waals surface area contributed by atoms with E-state index in [0.717, 1.165) is 19.6 Å². The fourth-order valence-corrected chi connectivity index (χ4v) is 2.72. The van der Waals surface area contributed by atoms with E-state index in [1.807, 2.05) is 13.8 Å². The molecule has 0 aliphatic carbocycles. The van der Waals surface area contributed by atoms with Crippen molar-refractivity contribution >= 4 is 11.5 Å². The number of nitrogens with one attached hydrogen (secondary N) is 1. The van der Waals surface area contributed by atoms with Gasteiger partial charge in [-0.25, -0.2) is 4.68 Å². The molecule has 1 fully saturated rings. The first kappa shape index (κ1) is 14.8. The molecule has 0 aromatic carbocycles. The van der Waals surface area contributed by atoms with E-state index in [1.165, 1.54) is 0 Å². The van der Waals surface area contributed by atoms with Gasteiger partial charge in [-0.2, -0.15) is 5.10 Å². The van der Waals surface area contributed by atoms with Crippen LogP contribution in [0.3, 0.4) is 0 Å². The quantitative estimate of drug-likeness (QED) is 0.676. The summed E-state index contributed by atoms with van der Waals surface area (Å²) in [5.74, 6) is 0.636. The summed E-state index contributed by atoms with van der Waals surface area (Å²) in [6.45, 7) is 12.2. The van der Waals surface area contributed by atoms with Gasteiger partial charge in [-0.15, -0.1) is 0 Å². The van der Waals surface area contributed by atoms with E-state index in [1.54, 1.807) is 11.6 Å². The van der Waals surface area contributed by atoms with Crippen LogP contribution in [0.15, 0.2) is 0 Å². The van der Waals surface area contributed by atoms with Crippen molar-refractivity contribution < 1.29 is 4.92 Å². The van der Waals surface area contributed by atoms with Crippen molar-refractivity contribution in [1.82, 2.24) is 15.1 Å². The first-order valence-corrected chi connectivity index (χ1v) is 6.96. The van der Waals surface area contributed by atoms with Crippen LogP contribution in [0.5, 0.6) is 0 Å². The molecular formula is C13H23N5O2. The predicted molar refractivity (Wildman–Crippen MR) is 78.3 cm³/mol. The lowest BCUT2D eigenvalue weighted by molar-refractivity contribution is -0.384. The third-order valence-electron chi connectivity index (χ3n) is 3.57. The number of nitro groups is 1. The third kappa shape index (κ3) is 2.63. The average Bonchev–Trinajstić information content (AvgIpc) is 2.65. The highest BCUT2D eigenvalue weighted by Crippen LogP contribution is 2.35. The fourth-order valence-electron chi connectivity index (χ4n) is 2.72. The van der Waals surface area contributed by atoms with Gasteiger partial charge in [0.2, 0.25) is 5.82 Å². The number of nitrogens with zero attached hydrogens (tertiary/aromatic N) is 4. The molecule has 7 heteroatoms. The number of aryl methyl sites for hydroxylation is 1. The highest BCUT2D eigenvalue weighted by atomic mass is 16.6. The Morgan fingerprint density at radius 3 is 2.60 bits per heavy atom. The summed E-state index contributed by atoms with van der Waals surface area (Å²) in [5.41, 5.74) is 0.554. The summed E-state index contributed by atoms with van der Waals surface area (Å²) in [5, 5.41) is 19.2. The lowest BCUT2D eigenvalue weighted by Gasteiger charge is -2.40. The molecule has 0 radical (unpaired) electrons. The predicted octanol–water partition coefficient (Wildman–Crippen LogP) is 1.87. The molecule has 0 bridgehead atoms. The number of rotatable bonds is 3. The van der Waals surface area contributed by atoms with Gasteiger partial charge in [0.15, 0.2) is 0 Å². The number of aromatic nitrogens is 2. The maximum Gasteiger partial charge on any atom is 0.333 e. The number of anilines is 1. The van der Waals surface area contributed by atoms with Crippen LogP contribution in [0, 0.1) is 17.0 Å². The van der Waals surface area contributed by atoms with Gasteiger partial charge in [0.1, 0.15) is 5.69 Å². The zero-order chi connectivity index (χ0) is 15.1. The van der Waals surface area contributed by atoms with E-state index in [-0.39, 0.29) is 22.2 Å². The molecule has 0 unspecified atom stereocenters. The van der Waals surface area contributed by atoms with Crippen LogP contribution in [0.25, 0.3) is 0 Å². The van der Waals surface area contributed by atoms with E-state index in [4.69, 9.17) is 0 Å². The van der Waals surface area contributed by atoms with Crippen LogP contribution in [0.4, 0.5) is 11.5 Å². The van der Waals surface area contributed by atoms with Gasteiger partial charge in [-0.3, -0.25) is 10.1 Å². The summed E-state index contributed by atoms with van der Waals surface area (Å²) in [4.78, 5) is 13.2. The number of piperazine rings is 1. The molecule has 7 nitrogen and oxygen atoms in total. The van der Waals surface area contributed by atoms with Gasteiger partial charge >= 0.3 is 5.69 Å². The van der Waals surface area contributed by atoms with Gasteiger partial charge in [0.25, 0.3) is 0 Å². The largest absolute Gasteiger partial charge is 0.348 e. The Hall–Kier alpha value is -1.63. The van der Waals surface area contributed by atoms with Crippen LogP contribution in [-0.4, -0.2) is 39.9 Å². The van der Waals surface area contributed by atoms with Crippen molar-refractivity contribution in [3.63, 3.8) is 0 Å². The molecule has 0 amide bonds. The maximum atomic E-state index is 11.4. The molecule has 1 aromatic heterocycles. The highest BCUT2D eigenvalue weighted by molar-refractivity contribution is 5.62. The molecule has 0 atom stereocenters. The van der Waals surface area contributed by atoms with E-state index in [2.05, 4.69) is 29.2 Å². The molecule has 2 heterocycles. The molecule has 2 rings (SSSR count). The first-order chi connectivity index (χ1) is 9.23. The van der Waals surface area contributed by atoms with E-state index < -0.39 is 0 Å². The van der Waals surface area contributed by atoms with Crippen molar-refractivity contribution in [1.29, 1.82) is 0 Å². The van der Waals surface area contributed by atoms with Gasteiger partial charge in [-0.05, 0) is 34.6 Å². The summed E-state index contributed by atoms with van der Waals surface area (Å²) in [7, 11) is 0. The van der Waals surface area contributed by atoms with E-state index in [9.17, 15) is 10.1 Å². The van der Waals surface area contributed by atoms with Crippen LogP contribution in [-0.2, 0) is 0 Å². The Balaban J connectivity index is 2.50. The van der Waals surface area contributed by atoms with E-state index >= 15 is 0 Å². The molecule has 1 saturated heterocycles. The molecule has 1 N–H and O–H groups in total. The fraction of sp³-hybridized carbons (Fsp3) is 0.769. The second kappa shape index (κ2) is 5.05. The molecular weight excluding hydrogens is 258 g/mol. The molecule has 112 valence electrons. The average molecular weight is 281 g/mol. The van der Waals surface area contributed by atoms with E-state index in [0.29, 0.717) is 11.5 Å². The van der Waals surface area contributed by atoms with Crippen LogP contribution >= 0.6 is 0 Å². The number of hydrogen-bond acceptors (Lipinski definition) is 5. The SMILES string of the molecule is Cc1nn(C(C)C)c(N2CCNC(C)(C)C2)c1[N+](=O)[O-]. The Kier molecular flexibility index (Phi) is 3.73. The Morgan fingerprint density at radius 1 is 1.45 bits per heavy atom. The summed E-state index contributed by atoms with van der Waals surface area (Å²) >= 11 is 0. The second-order valence-electron chi connectivity index (χ2n) is 6.29. The van der Waals surface area contributed by atoms with Crippen molar-refractivity contribution in [2.24, 2.45) is 0 Å². The van der Waals surface area contributed by atoms with Gasteiger partial charge in [-0.1, -0.05) is 0 Å². The number of hydrogen-bond donors (Lipinski definition) is 1. The maximum absolute atomic E-state index is 11.4. The first-order valence-electron chi connectivity index (χ1n) is 6.96. The van der Waals surface area contributed by atoms with Crippen molar-refractivity contribution in [2.45, 2.75) is 46.2 Å². The topological polar surface area (TPSA) is 76.2 Å². The van der Waals surface area contributed by atoms with Crippen LogP contribution < -0.4 is 10.2 Å². The van der Waals surface area contributed by atoms with Gasteiger partial charge in [0.05, 0.1) is 4.92 Å². The monoisotopic (exact) mass is 281 g/mol. The summed E-state index contributed by atoms with van der Waals surface area (Å²) < 4.78 is 1.77. The Morgan fingerprint density at radius 2 is 2.10 bits per heavy atom. The Bertz CT molecular complexity index is 521. The van der Waals surface area contributed by atoms with Crippen molar-refractivity contribution in [2.75, 3.05) is 24.5 Å². The standard InChI is InChI=1S/C13H23N5O2/c1-9(2)17-12(11(18(19)20)10(3)15-17)16-7-6-14-13(4,5)8-16/h9,14H,6-8H2,1-5H3. The third-order valence-corrected chi connectivity index (χ3v) is 3.57. The van der Waals surface area contributed by atoms with Crippen molar-refractivity contribution in [3.8, 4) is 0 Å². The minimum absolute atomic E-state index is 0.0634. The minimum Gasteiger partial charge on any atom is -0.348 e. The zero-order valence-electron chi connectivity index (χ0n) is 12.8. The molecule has 1 aliphatic rings.